The van der Waals surface area contributed by atoms with Gasteiger partial charge in [-0.05, 0) is 36.8 Å². The fourth-order valence-electron chi connectivity index (χ4n) is 1.53. The van der Waals surface area contributed by atoms with E-state index in [0.717, 1.165) is 11.3 Å². The largest absolute Gasteiger partial charge is 0.399 e. The van der Waals surface area contributed by atoms with Crippen molar-refractivity contribution in [3.05, 3.63) is 51.0 Å². The molecule has 2 aromatic carbocycles. The third-order valence-electron chi connectivity index (χ3n) is 2.51. The van der Waals surface area contributed by atoms with Gasteiger partial charge in [0.2, 0.25) is 0 Å². The van der Waals surface area contributed by atoms with Gasteiger partial charge in [0.25, 0.3) is 0 Å². The van der Waals surface area contributed by atoms with Crippen LogP contribution in [0.5, 0.6) is 0 Å². The quantitative estimate of drug-likeness (QED) is 0.740. The second-order valence-electron chi connectivity index (χ2n) is 3.95. The average Bonchev–Trinajstić information content (AvgIpc) is 2.28. The zero-order valence-electron chi connectivity index (χ0n) is 9.60. The molecule has 0 atom stereocenters. The number of anilines is 3. The molecule has 18 heavy (non-hydrogen) atoms. The number of benzene rings is 2. The molecule has 0 amide bonds. The normalized spacial score (nSPS) is 10.4. The molecule has 0 aliphatic heterocycles. The lowest BCUT2D eigenvalue weighted by Gasteiger charge is -2.12. The first kappa shape index (κ1) is 13.3. The first-order chi connectivity index (χ1) is 8.47. The predicted molar refractivity (Wildman–Crippen MR) is 80.3 cm³/mol. The van der Waals surface area contributed by atoms with Crippen molar-refractivity contribution >= 4 is 51.9 Å². The summed E-state index contributed by atoms with van der Waals surface area (Å²) in [4.78, 5) is 0. The molecule has 0 radical (unpaired) electrons. The SMILES string of the molecule is Cc1ccc(Nc2c(Cl)cc(N)cc2Cl)cc1Cl. The van der Waals surface area contributed by atoms with E-state index in [-0.39, 0.29) is 0 Å². The number of hydrogen-bond donors (Lipinski definition) is 2. The molecule has 0 spiro atoms. The Hall–Kier alpha value is -1.09. The zero-order chi connectivity index (χ0) is 13.3. The van der Waals surface area contributed by atoms with Gasteiger partial charge >= 0.3 is 0 Å². The minimum atomic E-state index is 0.469. The highest BCUT2D eigenvalue weighted by Crippen LogP contribution is 2.35. The van der Waals surface area contributed by atoms with E-state index in [4.69, 9.17) is 40.5 Å². The van der Waals surface area contributed by atoms with E-state index in [0.29, 0.717) is 26.4 Å². The fourth-order valence-corrected chi connectivity index (χ4v) is 2.31. The van der Waals surface area contributed by atoms with Crippen LogP contribution in [0.2, 0.25) is 15.1 Å². The first-order valence-corrected chi connectivity index (χ1v) is 6.38. The van der Waals surface area contributed by atoms with Crippen molar-refractivity contribution in [2.45, 2.75) is 6.92 Å². The van der Waals surface area contributed by atoms with Gasteiger partial charge in [-0.1, -0.05) is 40.9 Å². The van der Waals surface area contributed by atoms with Crippen LogP contribution in [0.15, 0.2) is 30.3 Å². The van der Waals surface area contributed by atoms with Gasteiger partial charge < -0.3 is 11.1 Å². The molecule has 2 aromatic rings. The molecule has 0 fully saturated rings. The van der Waals surface area contributed by atoms with E-state index in [9.17, 15) is 0 Å². The van der Waals surface area contributed by atoms with E-state index in [1.165, 1.54) is 0 Å². The maximum absolute atomic E-state index is 6.10. The molecular weight excluding hydrogens is 291 g/mol. The molecule has 0 heterocycles. The third-order valence-corrected chi connectivity index (χ3v) is 3.51. The van der Waals surface area contributed by atoms with Crippen LogP contribution in [0.1, 0.15) is 5.56 Å². The summed E-state index contributed by atoms with van der Waals surface area (Å²) in [5.41, 5.74) is 8.62. The Bertz CT molecular complexity index is 574. The number of hydrogen-bond acceptors (Lipinski definition) is 2. The maximum Gasteiger partial charge on any atom is 0.0764 e. The summed E-state index contributed by atoms with van der Waals surface area (Å²) in [5, 5.41) is 4.75. The zero-order valence-corrected chi connectivity index (χ0v) is 11.9. The molecule has 0 aliphatic carbocycles. The second kappa shape index (κ2) is 5.27. The number of aryl methyl sites for hydroxylation is 1. The number of halogens is 3. The fraction of sp³-hybridized carbons (Fsp3) is 0.0769. The monoisotopic (exact) mass is 300 g/mol. The van der Waals surface area contributed by atoms with Gasteiger partial charge in [-0.2, -0.15) is 0 Å². The van der Waals surface area contributed by atoms with Crippen molar-refractivity contribution in [2.75, 3.05) is 11.1 Å². The van der Waals surface area contributed by atoms with Crippen molar-refractivity contribution in [1.29, 1.82) is 0 Å². The Kier molecular flexibility index (Phi) is 3.91. The molecule has 0 unspecified atom stereocenters. The Balaban J connectivity index is 2.37. The van der Waals surface area contributed by atoms with Crippen molar-refractivity contribution in [2.24, 2.45) is 0 Å². The van der Waals surface area contributed by atoms with E-state index in [1.807, 2.05) is 25.1 Å². The lowest BCUT2D eigenvalue weighted by Crippen LogP contribution is -1.94. The molecule has 0 saturated heterocycles. The minimum absolute atomic E-state index is 0.469. The van der Waals surface area contributed by atoms with Crippen LogP contribution in [0.3, 0.4) is 0 Å². The van der Waals surface area contributed by atoms with E-state index >= 15 is 0 Å². The highest BCUT2D eigenvalue weighted by atomic mass is 35.5. The lowest BCUT2D eigenvalue weighted by molar-refractivity contribution is 1.45. The van der Waals surface area contributed by atoms with Crippen LogP contribution in [0.25, 0.3) is 0 Å². The molecule has 94 valence electrons. The lowest BCUT2D eigenvalue weighted by atomic mass is 10.2. The topological polar surface area (TPSA) is 38.0 Å². The van der Waals surface area contributed by atoms with Gasteiger partial charge in [0.1, 0.15) is 0 Å². The number of nitrogen functional groups attached to an aromatic ring is 1. The van der Waals surface area contributed by atoms with Gasteiger partial charge in [-0.25, -0.2) is 0 Å². The van der Waals surface area contributed by atoms with Crippen molar-refractivity contribution in [3.8, 4) is 0 Å². The van der Waals surface area contributed by atoms with Gasteiger partial charge in [0.15, 0.2) is 0 Å². The molecular formula is C13H11Cl3N2. The number of nitrogens with one attached hydrogen (secondary N) is 1. The third kappa shape index (κ3) is 2.83. The highest BCUT2D eigenvalue weighted by Gasteiger charge is 2.08. The smallest absolute Gasteiger partial charge is 0.0764 e. The highest BCUT2D eigenvalue weighted by molar-refractivity contribution is 6.39. The molecule has 0 aliphatic rings. The minimum Gasteiger partial charge on any atom is -0.399 e. The Labute approximate surface area is 121 Å². The summed E-state index contributed by atoms with van der Waals surface area (Å²) < 4.78 is 0. The summed E-state index contributed by atoms with van der Waals surface area (Å²) in [6, 6.07) is 8.94. The van der Waals surface area contributed by atoms with Crippen LogP contribution in [-0.4, -0.2) is 0 Å². The van der Waals surface area contributed by atoms with E-state index < -0.39 is 0 Å². The van der Waals surface area contributed by atoms with Crippen molar-refractivity contribution in [3.63, 3.8) is 0 Å². The van der Waals surface area contributed by atoms with Crippen LogP contribution in [0, 0.1) is 6.92 Å². The summed E-state index contributed by atoms with van der Waals surface area (Å²) >= 11 is 18.3. The summed E-state index contributed by atoms with van der Waals surface area (Å²) in [6.45, 7) is 1.94. The summed E-state index contributed by atoms with van der Waals surface area (Å²) in [5.74, 6) is 0. The maximum atomic E-state index is 6.10. The Morgan fingerprint density at radius 1 is 0.944 bits per heavy atom. The van der Waals surface area contributed by atoms with Crippen LogP contribution >= 0.6 is 34.8 Å². The van der Waals surface area contributed by atoms with E-state index in [2.05, 4.69) is 5.32 Å². The number of rotatable bonds is 2. The van der Waals surface area contributed by atoms with Gasteiger partial charge in [0.05, 0.1) is 15.7 Å². The second-order valence-corrected chi connectivity index (χ2v) is 5.17. The van der Waals surface area contributed by atoms with Gasteiger partial charge in [-0.3, -0.25) is 0 Å². The molecule has 0 bridgehead atoms. The van der Waals surface area contributed by atoms with E-state index in [1.54, 1.807) is 12.1 Å². The summed E-state index contributed by atoms with van der Waals surface area (Å²) in [7, 11) is 0. The van der Waals surface area contributed by atoms with Gasteiger partial charge in [0, 0.05) is 16.4 Å². The Morgan fingerprint density at radius 3 is 2.11 bits per heavy atom. The molecule has 3 N–H and O–H groups in total. The standard InChI is InChI=1S/C13H11Cl3N2/c1-7-2-3-9(6-10(7)14)18-13-11(15)4-8(17)5-12(13)16/h2-6,18H,17H2,1H3. The van der Waals surface area contributed by atoms with Gasteiger partial charge in [-0.15, -0.1) is 0 Å². The molecule has 0 aromatic heterocycles. The van der Waals surface area contributed by atoms with Crippen LogP contribution in [0.4, 0.5) is 17.1 Å². The summed E-state index contributed by atoms with van der Waals surface area (Å²) in [6.07, 6.45) is 0. The molecule has 5 heteroatoms. The van der Waals surface area contributed by atoms with Crippen molar-refractivity contribution < 1.29 is 0 Å². The molecule has 0 saturated carbocycles. The van der Waals surface area contributed by atoms with Crippen LogP contribution in [-0.2, 0) is 0 Å². The van der Waals surface area contributed by atoms with Crippen LogP contribution < -0.4 is 11.1 Å². The number of nitrogens with two attached hydrogens (primary N) is 1. The first-order valence-electron chi connectivity index (χ1n) is 5.25. The Morgan fingerprint density at radius 2 is 1.56 bits per heavy atom. The predicted octanol–water partition coefficient (Wildman–Crippen LogP) is 5.28. The average molecular weight is 302 g/mol. The molecule has 2 nitrogen and oxygen atoms in total. The van der Waals surface area contributed by atoms with Crippen molar-refractivity contribution in [1.82, 2.24) is 0 Å². The molecule has 2 rings (SSSR count).